The zero-order valence-corrected chi connectivity index (χ0v) is 13.0. The fourth-order valence-electron chi connectivity index (χ4n) is 2.08. The van der Waals surface area contributed by atoms with Crippen LogP contribution in [-0.4, -0.2) is 19.7 Å². The van der Waals surface area contributed by atoms with E-state index in [4.69, 9.17) is 4.74 Å². The SMILES string of the molecule is CCCNCC(OCCCC(C)C)c1ccc(F)cc1. The van der Waals surface area contributed by atoms with Gasteiger partial charge in [0.1, 0.15) is 5.82 Å². The Morgan fingerprint density at radius 2 is 1.90 bits per heavy atom. The van der Waals surface area contributed by atoms with Gasteiger partial charge in [-0.1, -0.05) is 32.9 Å². The molecule has 3 heteroatoms. The minimum absolute atomic E-state index is 0.00862. The van der Waals surface area contributed by atoms with Crippen LogP contribution in [-0.2, 0) is 4.74 Å². The molecule has 2 nitrogen and oxygen atoms in total. The first kappa shape index (κ1) is 17.1. The van der Waals surface area contributed by atoms with E-state index in [1.165, 1.54) is 18.6 Å². The quantitative estimate of drug-likeness (QED) is 0.645. The van der Waals surface area contributed by atoms with Crippen molar-refractivity contribution in [3.05, 3.63) is 35.6 Å². The van der Waals surface area contributed by atoms with Crippen LogP contribution in [0.25, 0.3) is 0 Å². The first-order chi connectivity index (χ1) is 9.63. The van der Waals surface area contributed by atoms with Crippen molar-refractivity contribution in [2.24, 2.45) is 5.92 Å². The summed E-state index contributed by atoms with van der Waals surface area (Å²) in [6.07, 6.45) is 3.36. The van der Waals surface area contributed by atoms with Gasteiger partial charge in [0.05, 0.1) is 6.10 Å². The van der Waals surface area contributed by atoms with Crippen LogP contribution in [0.4, 0.5) is 4.39 Å². The number of ether oxygens (including phenoxy) is 1. The van der Waals surface area contributed by atoms with Gasteiger partial charge in [-0.05, 0) is 49.4 Å². The summed E-state index contributed by atoms with van der Waals surface area (Å²) in [7, 11) is 0. The number of benzene rings is 1. The van der Waals surface area contributed by atoms with Crippen molar-refractivity contribution in [1.82, 2.24) is 5.32 Å². The van der Waals surface area contributed by atoms with E-state index in [2.05, 4.69) is 26.1 Å². The zero-order valence-electron chi connectivity index (χ0n) is 13.0. The minimum Gasteiger partial charge on any atom is -0.372 e. The summed E-state index contributed by atoms with van der Waals surface area (Å²) in [6, 6.07) is 6.63. The van der Waals surface area contributed by atoms with Gasteiger partial charge in [0.25, 0.3) is 0 Å². The van der Waals surface area contributed by atoms with Crippen LogP contribution in [0.1, 0.15) is 51.7 Å². The molecule has 0 aliphatic carbocycles. The van der Waals surface area contributed by atoms with Gasteiger partial charge in [0.15, 0.2) is 0 Å². The predicted octanol–water partition coefficient (Wildman–Crippen LogP) is 4.32. The molecule has 0 heterocycles. The number of hydrogen-bond acceptors (Lipinski definition) is 2. The van der Waals surface area contributed by atoms with E-state index in [0.29, 0.717) is 5.92 Å². The summed E-state index contributed by atoms with van der Waals surface area (Å²) in [5.41, 5.74) is 1.04. The molecule has 0 aromatic heterocycles. The third-order valence-electron chi connectivity index (χ3n) is 3.24. The Bertz CT molecular complexity index is 351. The molecule has 0 spiro atoms. The third-order valence-corrected chi connectivity index (χ3v) is 3.24. The Labute approximate surface area is 122 Å². The van der Waals surface area contributed by atoms with Crippen molar-refractivity contribution in [3.8, 4) is 0 Å². The molecule has 0 saturated heterocycles. The van der Waals surface area contributed by atoms with Crippen LogP contribution in [0, 0.1) is 11.7 Å². The largest absolute Gasteiger partial charge is 0.372 e. The summed E-state index contributed by atoms with van der Waals surface area (Å²) in [4.78, 5) is 0. The molecule has 0 bridgehead atoms. The zero-order chi connectivity index (χ0) is 14.8. The monoisotopic (exact) mass is 281 g/mol. The van der Waals surface area contributed by atoms with Gasteiger partial charge < -0.3 is 10.1 Å². The van der Waals surface area contributed by atoms with Crippen molar-refractivity contribution in [2.45, 2.75) is 46.1 Å². The highest BCUT2D eigenvalue weighted by molar-refractivity contribution is 5.19. The van der Waals surface area contributed by atoms with Gasteiger partial charge in [-0.2, -0.15) is 0 Å². The number of hydrogen-bond donors (Lipinski definition) is 1. The Hall–Kier alpha value is -0.930. The second-order valence-electron chi connectivity index (χ2n) is 5.65. The standard InChI is InChI=1S/C17H28FNO/c1-4-11-19-13-17(20-12-5-6-14(2)3)15-7-9-16(18)10-8-15/h7-10,14,17,19H,4-6,11-13H2,1-3H3. The molecular formula is C17H28FNO. The maximum absolute atomic E-state index is 13.0. The molecule has 0 amide bonds. The molecular weight excluding hydrogens is 253 g/mol. The summed E-state index contributed by atoms with van der Waals surface area (Å²) >= 11 is 0. The van der Waals surface area contributed by atoms with E-state index in [9.17, 15) is 4.39 Å². The molecule has 1 aromatic carbocycles. The van der Waals surface area contributed by atoms with Gasteiger partial charge >= 0.3 is 0 Å². The van der Waals surface area contributed by atoms with Gasteiger partial charge in [0, 0.05) is 13.2 Å². The molecule has 1 atom stereocenters. The molecule has 0 aliphatic rings. The Morgan fingerprint density at radius 1 is 1.20 bits per heavy atom. The lowest BCUT2D eigenvalue weighted by Gasteiger charge is -2.19. The molecule has 0 radical (unpaired) electrons. The highest BCUT2D eigenvalue weighted by Crippen LogP contribution is 2.18. The fourth-order valence-corrected chi connectivity index (χ4v) is 2.08. The Morgan fingerprint density at radius 3 is 2.50 bits per heavy atom. The highest BCUT2D eigenvalue weighted by atomic mass is 19.1. The molecule has 1 aromatic rings. The van der Waals surface area contributed by atoms with Crippen LogP contribution in [0.5, 0.6) is 0 Å². The van der Waals surface area contributed by atoms with Crippen molar-refractivity contribution in [1.29, 1.82) is 0 Å². The molecule has 0 fully saturated rings. The average Bonchev–Trinajstić information content (AvgIpc) is 2.42. The second-order valence-corrected chi connectivity index (χ2v) is 5.65. The molecule has 20 heavy (non-hydrogen) atoms. The number of nitrogens with one attached hydrogen (secondary N) is 1. The molecule has 1 N–H and O–H groups in total. The average molecular weight is 281 g/mol. The van der Waals surface area contributed by atoms with E-state index in [1.807, 2.05) is 12.1 Å². The second kappa shape index (κ2) is 9.89. The third kappa shape index (κ3) is 7.01. The van der Waals surface area contributed by atoms with Crippen LogP contribution in [0.2, 0.25) is 0 Å². The van der Waals surface area contributed by atoms with Gasteiger partial charge in [-0.25, -0.2) is 4.39 Å². The van der Waals surface area contributed by atoms with Crippen LogP contribution >= 0.6 is 0 Å². The summed E-state index contributed by atoms with van der Waals surface area (Å²) in [5, 5.41) is 3.38. The number of halogens is 1. The number of rotatable bonds is 10. The van der Waals surface area contributed by atoms with Crippen molar-refractivity contribution in [2.75, 3.05) is 19.7 Å². The molecule has 0 saturated carbocycles. The van der Waals surface area contributed by atoms with Gasteiger partial charge in [0.2, 0.25) is 0 Å². The van der Waals surface area contributed by atoms with Crippen molar-refractivity contribution < 1.29 is 9.13 Å². The fraction of sp³-hybridized carbons (Fsp3) is 0.647. The Kier molecular flexibility index (Phi) is 8.47. The summed E-state index contributed by atoms with van der Waals surface area (Å²) in [6.45, 7) is 9.10. The maximum atomic E-state index is 13.0. The highest BCUT2D eigenvalue weighted by Gasteiger charge is 2.11. The van der Waals surface area contributed by atoms with E-state index in [-0.39, 0.29) is 11.9 Å². The first-order valence-electron chi connectivity index (χ1n) is 7.71. The lowest BCUT2D eigenvalue weighted by molar-refractivity contribution is 0.0488. The summed E-state index contributed by atoms with van der Waals surface area (Å²) in [5.74, 6) is 0.509. The summed E-state index contributed by atoms with van der Waals surface area (Å²) < 4.78 is 19.0. The molecule has 1 unspecified atom stereocenters. The molecule has 0 aliphatic heterocycles. The van der Waals surface area contributed by atoms with E-state index in [0.717, 1.165) is 38.1 Å². The van der Waals surface area contributed by atoms with Crippen molar-refractivity contribution in [3.63, 3.8) is 0 Å². The van der Waals surface area contributed by atoms with Crippen molar-refractivity contribution >= 4 is 0 Å². The van der Waals surface area contributed by atoms with Gasteiger partial charge in [-0.15, -0.1) is 0 Å². The molecule has 114 valence electrons. The van der Waals surface area contributed by atoms with E-state index >= 15 is 0 Å². The normalized spacial score (nSPS) is 12.8. The van der Waals surface area contributed by atoms with Crippen LogP contribution < -0.4 is 5.32 Å². The lowest BCUT2D eigenvalue weighted by atomic mass is 10.1. The first-order valence-corrected chi connectivity index (χ1v) is 7.71. The maximum Gasteiger partial charge on any atom is 0.123 e. The van der Waals surface area contributed by atoms with Crippen LogP contribution in [0.15, 0.2) is 24.3 Å². The van der Waals surface area contributed by atoms with E-state index in [1.54, 1.807) is 0 Å². The van der Waals surface area contributed by atoms with Crippen LogP contribution in [0.3, 0.4) is 0 Å². The topological polar surface area (TPSA) is 21.3 Å². The predicted molar refractivity (Wildman–Crippen MR) is 82.3 cm³/mol. The lowest BCUT2D eigenvalue weighted by Crippen LogP contribution is -2.24. The molecule has 1 rings (SSSR count). The minimum atomic E-state index is -0.200. The van der Waals surface area contributed by atoms with Gasteiger partial charge in [-0.3, -0.25) is 0 Å². The van der Waals surface area contributed by atoms with E-state index < -0.39 is 0 Å². The Balaban J connectivity index is 2.48. The smallest absolute Gasteiger partial charge is 0.123 e.